The van der Waals surface area contributed by atoms with Crippen molar-refractivity contribution in [1.29, 1.82) is 0 Å². The molecule has 22 heavy (non-hydrogen) atoms. The van der Waals surface area contributed by atoms with E-state index in [1.165, 1.54) is 12.8 Å². The second-order valence-electron chi connectivity index (χ2n) is 5.96. The minimum Gasteiger partial charge on any atom is -0.481 e. The van der Waals surface area contributed by atoms with E-state index < -0.39 is 12.1 Å². The molecular formula is C15H21N3O4. The average molecular weight is 307 g/mol. The second-order valence-corrected chi connectivity index (χ2v) is 5.96. The summed E-state index contributed by atoms with van der Waals surface area (Å²) >= 11 is 0. The molecule has 1 saturated heterocycles. The Hall–Kier alpha value is -1.89. The van der Waals surface area contributed by atoms with Gasteiger partial charge in [0.05, 0.1) is 25.2 Å². The van der Waals surface area contributed by atoms with E-state index in [-0.39, 0.29) is 12.3 Å². The van der Waals surface area contributed by atoms with E-state index in [9.17, 15) is 9.59 Å². The van der Waals surface area contributed by atoms with Crippen LogP contribution in [0.15, 0.2) is 12.3 Å². The number of aromatic nitrogens is 2. The fraction of sp³-hybridized carbons (Fsp3) is 0.667. The van der Waals surface area contributed by atoms with E-state index in [4.69, 9.17) is 9.84 Å². The van der Waals surface area contributed by atoms with E-state index in [0.717, 1.165) is 12.8 Å². The summed E-state index contributed by atoms with van der Waals surface area (Å²) in [6, 6.07) is 2.16. The lowest BCUT2D eigenvalue weighted by Crippen LogP contribution is -2.46. The highest BCUT2D eigenvalue weighted by atomic mass is 16.5. The van der Waals surface area contributed by atoms with Crippen molar-refractivity contribution < 1.29 is 19.4 Å². The molecule has 7 heteroatoms. The van der Waals surface area contributed by atoms with Gasteiger partial charge in [-0.05, 0) is 18.9 Å². The van der Waals surface area contributed by atoms with E-state index >= 15 is 0 Å². The molecule has 1 N–H and O–H groups in total. The highest BCUT2D eigenvalue weighted by Gasteiger charge is 2.28. The summed E-state index contributed by atoms with van der Waals surface area (Å²) in [7, 11) is 0. The second kappa shape index (κ2) is 6.48. The smallest absolute Gasteiger partial charge is 0.306 e. The lowest BCUT2D eigenvalue weighted by atomic mass is 10.2. The van der Waals surface area contributed by atoms with Gasteiger partial charge >= 0.3 is 5.97 Å². The molecule has 0 aromatic carbocycles. The minimum absolute atomic E-state index is 0.0830. The molecule has 1 saturated carbocycles. The predicted octanol–water partition coefficient (Wildman–Crippen LogP) is 1.31. The molecular weight excluding hydrogens is 286 g/mol. The fourth-order valence-corrected chi connectivity index (χ4v) is 3.21. The molecule has 3 rings (SSSR count). The van der Waals surface area contributed by atoms with Gasteiger partial charge in [-0.1, -0.05) is 12.8 Å². The van der Waals surface area contributed by atoms with Gasteiger partial charge in [0, 0.05) is 19.3 Å². The van der Waals surface area contributed by atoms with Crippen LogP contribution in [0.25, 0.3) is 0 Å². The number of carboxylic acid groups (broad SMARTS) is 1. The van der Waals surface area contributed by atoms with Crippen LogP contribution in [0.3, 0.4) is 0 Å². The Morgan fingerprint density at radius 3 is 2.86 bits per heavy atom. The molecule has 0 radical (unpaired) electrons. The SMILES string of the molecule is O=C(O)C[C@H]1CN(C(=O)c2ccn(C3CCCC3)n2)CCO1. The lowest BCUT2D eigenvalue weighted by molar-refractivity contribution is -0.141. The van der Waals surface area contributed by atoms with Gasteiger partial charge in [-0.3, -0.25) is 14.3 Å². The first-order valence-electron chi connectivity index (χ1n) is 7.81. The highest BCUT2D eigenvalue weighted by molar-refractivity contribution is 5.92. The van der Waals surface area contributed by atoms with Gasteiger partial charge in [0.2, 0.25) is 0 Å². The van der Waals surface area contributed by atoms with Gasteiger partial charge in [-0.25, -0.2) is 0 Å². The molecule has 1 aliphatic carbocycles. The predicted molar refractivity (Wildman–Crippen MR) is 77.6 cm³/mol. The molecule has 0 spiro atoms. The first-order chi connectivity index (χ1) is 10.6. The van der Waals surface area contributed by atoms with Gasteiger partial charge < -0.3 is 14.7 Å². The van der Waals surface area contributed by atoms with Crippen LogP contribution in [0, 0.1) is 0 Å². The van der Waals surface area contributed by atoms with Crippen molar-refractivity contribution in [1.82, 2.24) is 14.7 Å². The van der Waals surface area contributed by atoms with Crippen molar-refractivity contribution in [2.75, 3.05) is 19.7 Å². The summed E-state index contributed by atoms with van der Waals surface area (Å²) in [6.45, 7) is 1.15. The van der Waals surface area contributed by atoms with Gasteiger partial charge in [0.25, 0.3) is 5.91 Å². The Morgan fingerprint density at radius 1 is 1.36 bits per heavy atom. The summed E-state index contributed by atoms with van der Waals surface area (Å²) in [4.78, 5) is 24.9. The molecule has 1 atom stereocenters. The van der Waals surface area contributed by atoms with Crippen molar-refractivity contribution in [2.24, 2.45) is 0 Å². The Morgan fingerprint density at radius 2 is 2.14 bits per heavy atom. The third kappa shape index (κ3) is 3.30. The molecule has 1 aromatic heterocycles. The van der Waals surface area contributed by atoms with Crippen molar-refractivity contribution in [3.8, 4) is 0 Å². The number of carboxylic acids is 1. The molecule has 120 valence electrons. The number of morpholine rings is 1. The van der Waals surface area contributed by atoms with Crippen LogP contribution in [0.5, 0.6) is 0 Å². The molecule has 2 aliphatic rings. The maximum absolute atomic E-state index is 12.5. The van der Waals surface area contributed by atoms with Crippen LogP contribution in [0.1, 0.15) is 48.6 Å². The number of aliphatic carboxylic acids is 1. The molecule has 1 aliphatic heterocycles. The van der Waals surface area contributed by atoms with E-state index in [0.29, 0.717) is 31.4 Å². The number of rotatable bonds is 4. The molecule has 0 unspecified atom stereocenters. The molecule has 2 fully saturated rings. The zero-order chi connectivity index (χ0) is 15.5. The number of hydrogen-bond acceptors (Lipinski definition) is 4. The standard InChI is InChI=1S/C15H21N3O4/c19-14(20)9-12-10-17(7-8-22-12)15(21)13-5-6-18(16-13)11-3-1-2-4-11/h5-6,11-12H,1-4,7-10H2,(H,19,20)/t12-/m0/s1. The van der Waals surface area contributed by atoms with Gasteiger partial charge in [0.1, 0.15) is 5.69 Å². The summed E-state index contributed by atoms with van der Waals surface area (Å²) in [5.41, 5.74) is 0.433. The summed E-state index contributed by atoms with van der Waals surface area (Å²) in [6.07, 6.45) is 6.02. The fourth-order valence-electron chi connectivity index (χ4n) is 3.21. The highest BCUT2D eigenvalue weighted by Crippen LogP contribution is 2.28. The van der Waals surface area contributed by atoms with Crippen LogP contribution in [-0.4, -0.2) is 57.5 Å². The quantitative estimate of drug-likeness (QED) is 0.906. The van der Waals surface area contributed by atoms with Gasteiger partial charge in [-0.2, -0.15) is 5.10 Å². The Bertz CT molecular complexity index is 551. The third-order valence-electron chi connectivity index (χ3n) is 4.35. The number of hydrogen-bond donors (Lipinski definition) is 1. The largest absolute Gasteiger partial charge is 0.481 e. The topological polar surface area (TPSA) is 84.7 Å². The molecule has 1 aromatic rings. The van der Waals surface area contributed by atoms with Crippen molar-refractivity contribution in [3.63, 3.8) is 0 Å². The van der Waals surface area contributed by atoms with Crippen molar-refractivity contribution in [3.05, 3.63) is 18.0 Å². The van der Waals surface area contributed by atoms with Crippen LogP contribution < -0.4 is 0 Å². The number of carbonyl (C=O) groups is 2. The van der Waals surface area contributed by atoms with Crippen molar-refractivity contribution >= 4 is 11.9 Å². The first kappa shape index (κ1) is 15.0. The number of nitrogens with zero attached hydrogens (tertiary/aromatic N) is 3. The van der Waals surface area contributed by atoms with Gasteiger partial charge in [0.15, 0.2) is 0 Å². The maximum Gasteiger partial charge on any atom is 0.306 e. The molecule has 2 heterocycles. The normalized spacial score (nSPS) is 22.9. The third-order valence-corrected chi connectivity index (χ3v) is 4.35. The van der Waals surface area contributed by atoms with E-state index in [1.807, 2.05) is 10.9 Å². The monoisotopic (exact) mass is 307 g/mol. The Labute approximate surface area is 128 Å². The number of ether oxygens (including phenoxy) is 1. The molecule has 7 nitrogen and oxygen atoms in total. The lowest BCUT2D eigenvalue weighted by Gasteiger charge is -2.31. The first-order valence-corrected chi connectivity index (χ1v) is 7.81. The number of carbonyl (C=O) groups excluding carboxylic acids is 1. The maximum atomic E-state index is 12.5. The Kier molecular flexibility index (Phi) is 4.42. The van der Waals surface area contributed by atoms with Crippen molar-refractivity contribution in [2.45, 2.75) is 44.2 Å². The zero-order valence-electron chi connectivity index (χ0n) is 12.5. The van der Waals surface area contributed by atoms with Gasteiger partial charge in [-0.15, -0.1) is 0 Å². The summed E-state index contributed by atoms with van der Waals surface area (Å²) in [5, 5.41) is 13.3. The molecule has 1 amide bonds. The average Bonchev–Trinajstić information content (AvgIpc) is 3.17. The number of amides is 1. The zero-order valence-corrected chi connectivity index (χ0v) is 12.5. The van der Waals surface area contributed by atoms with Crippen LogP contribution >= 0.6 is 0 Å². The van der Waals surface area contributed by atoms with Crippen LogP contribution in [-0.2, 0) is 9.53 Å². The Balaban J connectivity index is 1.64. The van der Waals surface area contributed by atoms with Crippen LogP contribution in [0.4, 0.5) is 0 Å². The van der Waals surface area contributed by atoms with Crippen LogP contribution in [0.2, 0.25) is 0 Å². The minimum atomic E-state index is -0.912. The summed E-state index contributed by atoms with van der Waals surface area (Å²) in [5.74, 6) is -1.06. The van der Waals surface area contributed by atoms with E-state index in [2.05, 4.69) is 5.10 Å². The van der Waals surface area contributed by atoms with E-state index in [1.54, 1.807) is 11.0 Å². The summed E-state index contributed by atoms with van der Waals surface area (Å²) < 4.78 is 7.29. The molecule has 0 bridgehead atoms.